The van der Waals surface area contributed by atoms with Gasteiger partial charge in [-0.25, -0.2) is 0 Å². The molecule has 0 unspecified atom stereocenters. The number of hydrogen-bond donors (Lipinski definition) is 1. The number of pyridine rings is 1. The Kier molecular flexibility index (Phi) is 4.82. The smallest absolute Gasteiger partial charge is 0.228 e. The molecule has 4 heteroatoms. The van der Waals surface area contributed by atoms with Crippen molar-refractivity contribution in [1.82, 2.24) is 9.88 Å². The van der Waals surface area contributed by atoms with Crippen molar-refractivity contribution in [1.29, 1.82) is 0 Å². The molecule has 0 bridgehead atoms. The van der Waals surface area contributed by atoms with Gasteiger partial charge in [0.1, 0.15) is 0 Å². The lowest BCUT2D eigenvalue weighted by Gasteiger charge is -2.33. The Balaban J connectivity index is 1.20. The van der Waals surface area contributed by atoms with Gasteiger partial charge in [-0.2, -0.15) is 0 Å². The maximum atomic E-state index is 12.9. The van der Waals surface area contributed by atoms with Crippen LogP contribution in [0.3, 0.4) is 0 Å². The summed E-state index contributed by atoms with van der Waals surface area (Å²) in [4.78, 5) is 20.0. The van der Waals surface area contributed by atoms with E-state index in [1.165, 1.54) is 22.1 Å². The molecule has 1 atom stereocenters. The van der Waals surface area contributed by atoms with Crippen LogP contribution in [0.1, 0.15) is 36.0 Å². The lowest BCUT2D eigenvalue weighted by atomic mass is 9.90. The highest BCUT2D eigenvalue weighted by atomic mass is 16.2. The van der Waals surface area contributed by atoms with E-state index in [9.17, 15) is 4.79 Å². The van der Waals surface area contributed by atoms with Crippen LogP contribution in [0.2, 0.25) is 0 Å². The first kappa shape index (κ1) is 19.3. The Labute approximate surface area is 178 Å². The molecule has 1 saturated heterocycles. The molecule has 2 heterocycles. The van der Waals surface area contributed by atoms with Crippen LogP contribution in [0.4, 0.5) is 5.69 Å². The zero-order valence-corrected chi connectivity index (χ0v) is 17.8. The van der Waals surface area contributed by atoms with Crippen LogP contribution < -0.4 is 5.32 Å². The predicted octanol–water partition coefficient (Wildman–Crippen LogP) is 5.09. The van der Waals surface area contributed by atoms with Gasteiger partial charge in [0, 0.05) is 29.7 Å². The predicted molar refractivity (Wildman–Crippen MR) is 121 cm³/mol. The number of anilines is 1. The molecule has 154 valence electrons. The number of aromatic nitrogens is 1. The lowest BCUT2D eigenvalue weighted by Crippen LogP contribution is -2.35. The number of carbonyl (C=O) groups excluding carboxylic acids is 1. The van der Waals surface area contributed by atoms with Crippen LogP contribution in [-0.4, -0.2) is 28.9 Å². The van der Waals surface area contributed by atoms with Crippen molar-refractivity contribution in [2.45, 2.75) is 39.7 Å². The molecule has 2 aromatic carbocycles. The van der Waals surface area contributed by atoms with Crippen molar-refractivity contribution >= 4 is 22.5 Å². The van der Waals surface area contributed by atoms with Crippen molar-refractivity contribution in [2.24, 2.45) is 11.3 Å². The molecule has 4 nitrogen and oxygen atoms in total. The number of nitrogens with zero attached hydrogens (tertiary/aromatic N) is 2. The van der Waals surface area contributed by atoms with E-state index in [2.05, 4.69) is 71.5 Å². The molecule has 1 saturated carbocycles. The molecule has 1 aromatic heterocycles. The second-order valence-corrected chi connectivity index (χ2v) is 9.25. The highest BCUT2D eigenvalue weighted by Crippen LogP contribution is 2.59. The number of fused-ring (bicyclic) bond motifs is 1. The summed E-state index contributed by atoms with van der Waals surface area (Å²) in [6.07, 6.45) is 5.12. The van der Waals surface area contributed by atoms with E-state index in [0.717, 1.165) is 50.1 Å². The number of amides is 1. The first-order chi connectivity index (χ1) is 14.5. The van der Waals surface area contributed by atoms with Gasteiger partial charge in [0.2, 0.25) is 5.91 Å². The van der Waals surface area contributed by atoms with E-state index < -0.39 is 0 Å². The Bertz CT molecular complexity index is 1070. The zero-order chi connectivity index (χ0) is 20.7. The minimum atomic E-state index is 0.166. The Morgan fingerprint density at radius 2 is 1.83 bits per heavy atom. The molecule has 1 aliphatic carbocycles. The van der Waals surface area contributed by atoms with E-state index >= 15 is 0 Å². The number of piperidine rings is 1. The number of rotatable bonds is 4. The molecular weight excluding hydrogens is 370 g/mol. The fraction of sp³-hybridized carbons (Fsp3) is 0.385. The normalized spacial score (nSPS) is 20.4. The van der Waals surface area contributed by atoms with Crippen LogP contribution in [0, 0.1) is 25.2 Å². The summed E-state index contributed by atoms with van der Waals surface area (Å²) in [6.45, 7) is 7.18. The summed E-state index contributed by atoms with van der Waals surface area (Å²) in [6, 6.07) is 16.8. The molecule has 1 spiro atoms. The number of para-hydroxylation sites is 1. The van der Waals surface area contributed by atoms with Crippen molar-refractivity contribution in [2.75, 3.05) is 18.4 Å². The quantitative estimate of drug-likeness (QED) is 0.664. The number of nitrogens with one attached hydrogen (secondary N) is 1. The summed E-state index contributed by atoms with van der Waals surface area (Å²) in [5, 5.41) is 4.37. The van der Waals surface area contributed by atoms with Crippen molar-refractivity contribution in [3.05, 3.63) is 71.4 Å². The van der Waals surface area contributed by atoms with Gasteiger partial charge in [0.05, 0.1) is 5.52 Å². The number of aryl methyl sites for hydroxylation is 2. The number of benzene rings is 2. The summed E-state index contributed by atoms with van der Waals surface area (Å²) in [5.74, 6) is 0.367. The maximum absolute atomic E-state index is 12.9. The fourth-order valence-corrected chi connectivity index (χ4v) is 5.24. The Hall–Kier alpha value is -2.72. The number of hydrogen-bond acceptors (Lipinski definition) is 3. The van der Waals surface area contributed by atoms with Gasteiger partial charge in [0.15, 0.2) is 0 Å². The lowest BCUT2D eigenvalue weighted by molar-refractivity contribution is -0.118. The summed E-state index contributed by atoms with van der Waals surface area (Å²) in [7, 11) is 0. The average molecular weight is 400 g/mol. The third-order valence-corrected chi connectivity index (χ3v) is 6.96. The van der Waals surface area contributed by atoms with Gasteiger partial charge >= 0.3 is 0 Å². The SMILES string of the molecule is Cc1cc(C)cc(NC(=O)[C@H]2CC23CCN(Cc2cccc4cccnc24)CC3)c1. The summed E-state index contributed by atoms with van der Waals surface area (Å²) in [5.41, 5.74) is 5.93. The first-order valence-corrected chi connectivity index (χ1v) is 11.0. The Morgan fingerprint density at radius 1 is 1.10 bits per heavy atom. The monoisotopic (exact) mass is 399 g/mol. The maximum Gasteiger partial charge on any atom is 0.228 e. The topological polar surface area (TPSA) is 45.2 Å². The number of carbonyl (C=O) groups is 1. The molecule has 2 fully saturated rings. The van der Waals surface area contributed by atoms with Crippen LogP contribution in [0.25, 0.3) is 10.9 Å². The Morgan fingerprint density at radius 3 is 2.60 bits per heavy atom. The van der Waals surface area contributed by atoms with Crippen LogP contribution in [0.5, 0.6) is 0 Å². The van der Waals surface area contributed by atoms with Gasteiger partial charge < -0.3 is 5.32 Å². The summed E-state index contributed by atoms with van der Waals surface area (Å²) < 4.78 is 0. The molecule has 1 aliphatic heterocycles. The second kappa shape index (κ2) is 7.51. The molecule has 5 rings (SSSR count). The van der Waals surface area contributed by atoms with Gasteiger partial charge in [-0.15, -0.1) is 0 Å². The molecule has 2 aliphatic rings. The fourth-order valence-electron chi connectivity index (χ4n) is 5.24. The van der Waals surface area contributed by atoms with Crippen molar-refractivity contribution < 1.29 is 4.79 Å². The first-order valence-electron chi connectivity index (χ1n) is 11.0. The van der Waals surface area contributed by atoms with E-state index in [1.807, 2.05) is 12.3 Å². The van der Waals surface area contributed by atoms with E-state index in [-0.39, 0.29) is 17.2 Å². The second-order valence-electron chi connectivity index (χ2n) is 9.25. The third kappa shape index (κ3) is 3.72. The largest absolute Gasteiger partial charge is 0.326 e. The number of likely N-dealkylation sites (tertiary alicyclic amines) is 1. The minimum Gasteiger partial charge on any atom is -0.326 e. The van der Waals surface area contributed by atoms with Gasteiger partial charge in [-0.1, -0.05) is 30.3 Å². The highest BCUT2D eigenvalue weighted by molar-refractivity contribution is 5.95. The zero-order valence-electron chi connectivity index (χ0n) is 17.8. The van der Waals surface area contributed by atoms with Gasteiger partial charge in [-0.05, 0) is 86.5 Å². The average Bonchev–Trinajstić information content (AvgIpc) is 3.43. The van der Waals surface area contributed by atoms with E-state index in [4.69, 9.17) is 0 Å². The van der Waals surface area contributed by atoms with E-state index in [0.29, 0.717) is 0 Å². The molecule has 1 N–H and O–H groups in total. The highest BCUT2D eigenvalue weighted by Gasteiger charge is 2.58. The molecule has 3 aromatic rings. The standard InChI is InChI=1S/C26H29N3O/c1-18-13-19(2)15-22(14-18)28-25(30)23-16-26(23)8-11-29(12-9-26)17-21-6-3-5-20-7-4-10-27-24(20)21/h3-7,10,13-15,23H,8-9,11-12,16-17H2,1-2H3,(H,28,30)/t23-/m1/s1. The minimum absolute atomic E-state index is 0.166. The summed E-state index contributed by atoms with van der Waals surface area (Å²) >= 11 is 0. The van der Waals surface area contributed by atoms with Crippen LogP contribution >= 0.6 is 0 Å². The van der Waals surface area contributed by atoms with Crippen molar-refractivity contribution in [3.63, 3.8) is 0 Å². The molecule has 1 amide bonds. The van der Waals surface area contributed by atoms with Crippen molar-refractivity contribution in [3.8, 4) is 0 Å². The van der Waals surface area contributed by atoms with Crippen LogP contribution in [0.15, 0.2) is 54.7 Å². The molecular formula is C26H29N3O. The molecule has 30 heavy (non-hydrogen) atoms. The third-order valence-electron chi connectivity index (χ3n) is 6.96. The van der Waals surface area contributed by atoms with Crippen LogP contribution in [-0.2, 0) is 11.3 Å². The molecule has 0 radical (unpaired) electrons. The van der Waals surface area contributed by atoms with E-state index in [1.54, 1.807) is 0 Å². The van der Waals surface area contributed by atoms with Gasteiger partial charge in [0.25, 0.3) is 0 Å². The van der Waals surface area contributed by atoms with Gasteiger partial charge in [-0.3, -0.25) is 14.7 Å².